The van der Waals surface area contributed by atoms with Gasteiger partial charge in [-0.25, -0.2) is 0 Å². The third-order valence-electron chi connectivity index (χ3n) is 7.11. The highest BCUT2D eigenvalue weighted by molar-refractivity contribution is 5.77. The summed E-state index contributed by atoms with van der Waals surface area (Å²) in [6, 6.07) is 0. The first-order chi connectivity index (χ1) is 26.8. The monoisotopic (exact) mass is 792 g/mol. The zero-order chi connectivity index (χ0) is 40.5. The first-order valence-corrected chi connectivity index (χ1v) is 19.6. The zero-order valence-corrected chi connectivity index (χ0v) is 33.2. The van der Waals surface area contributed by atoms with E-state index in [-0.39, 0.29) is 87.6 Å². The average molecular weight is 792 g/mol. The van der Waals surface area contributed by atoms with Gasteiger partial charge in [-0.3, -0.25) is 28.8 Å². The summed E-state index contributed by atoms with van der Waals surface area (Å²) < 4.78 is 32.4. The van der Waals surface area contributed by atoms with Gasteiger partial charge in [0.1, 0.15) is 0 Å². The lowest BCUT2D eigenvalue weighted by Crippen LogP contribution is -2.30. The van der Waals surface area contributed by atoms with Crippen LogP contribution < -0.4 is 37.2 Å². The molecule has 0 aliphatic heterocycles. The van der Waals surface area contributed by atoms with Crippen LogP contribution in [0, 0.1) is 0 Å². The predicted octanol–water partition coefficient (Wildman–Crippen LogP) is -1.47. The largest absolute Gasteiger partial charge is 0.380 e. The third kappa shape index (κ3) is 40.0. The summed E-state index contributed by atoms with van der Waals surface area (Å²) in [5, 5.41) is 19.6. The van der Waals surface area contributed by atoms with Crippen LogP contribution in [0.4, 0.5) is 0 Å². The molecule has 0 spiro atoms. The SMILES string of the molecule is CCCNC(=O)CCOCCNC(=O)CCOCCNC(=O)CCOCCNCCOCCC(=O)NCCOCCC(=O)NCCOCCC(=O)NCCC. The van der Waals surface area contributed by atoms with Crippen LogP contribution >= 0.6 is 0 Å². The number of ether oxygens (including phenoxy) is 6. The average Bonchev–Trinajstić information content (AvgIpc) is 3.17. The van der Waals surface area contributed by atoms with Crippen LogP contribution in [0.2, 0.25) is 0 Å². The van der Waals surface area contributed by atoms with E-state index in [4.69, 9.17) is 28.4 Å². The van der Waals surface area contributed by atoms with Crippen molar-refractivity contribution in [2.75, 3.05) is 132 Å². The molecule has 19 nitrogen and oxygen atoms in total. The Morgan fingerprint density at radius 3 is 0.709 bits per heavy atom. The van der Waals surface area contributed by atoms with Crippen LogP contribution in [0.15, 0.2) is 0 Å². The summed E-state index contributed by atoms with van der Waals surface area (Å²) in [6.45, 7) is 11.6. The van der Waals surface area contributed by atoms with Crippen molar-refractivity contribution >= 4 is 35.4 Å². The molecule has 0 unspecified atom stereocenters. The molecule has 320 valence electrons. The van der Waals surface area contributed by atoms with Gasteiger partial charge in [-0.15, -0.1) is 0 Å². The van der Waals surface area contributed by atoms with E-state index in [1.54, 1.807) is 0 Å². The molecule has 0 aromatic carbocycles. The summed E-state index contributed by atoms with van der Waals surface area (Å²) in [4.78, 5) is 70.4. The maximum Gasteiger partial charge on any atom is 0.222 e. The molecular formula is C36H69N7O12. The Bertz CT molecular complexity index is 934. The van der Waals surface area contributed by atoms with Crippen LogP contribution in [0.25, 0.3) is 0 Å². The molecule has 0 saturated heterocycles. The highest BCUT2D eigenvalue weighted by atomic mass is 16.5. The van der Waals surface area contributed by atoms with Gasteiger partial charge in [0.2, 0.25) is 35.4 Å². The Balaban J connectivity index is 3.40. The Kier molecular flexibility index (Phi) is 37.7. The number of hydrogen-bond donors (Lipinski definition) is 7. The van der Waals surface area contributed by atoms with Crippen molar-refractivity contribution in [1.29, 1.82) is 0 Å². The van der Waals surface area contributed by atoms with Gasteiger partial charge in [0.25, 0.3) is 0 Å². The molecule has 0 rings (SSSR count). The van der Waals surface area contributed by atoms with Gasteiger partial charge >= 0.3 is 0 Å². The van der Waals surface area contributed by atoms with Gasteiger partial charge in [-0.05, 0) is 12.8 Å². The van der Waals surface area contributed by atoms with E-state index >= 15 is 0 Å². The Hall–Kier alpha value is -3.46. The highest BCUT2D eigenvalue weighted by Gasteiger charge is 2.06. The van der Waals surface area contributed by atoms with Gasteiger partial charge < -0.3 is 65.6 Å². The van der Waals surface area contributed by atoms with Crippen molar-refractivity contribution in [1.82, 2.24) is 37.2 Å². The smallest absolute Gasteiger partial charge is 0.222 e. The minimum Gasteiger partial charge on any atom is -0.380 e. The molecule has 0 aromatic rings. The van der Waals surface area contributed by atoms with Crippen molar-refractivity contribution in [2.24, 2.45) is 0 Å². The van der Waals surface area contributed by atoms with Crippen molar-refractivity contribution in [3.63, 3.8) is 0 Å². The number of carbonyl (C=O) groups is 6. The second-order valence-electron chi connectivity index (χ2n) is 12.0. The van der Waals surface area contributed by atoms with E-state index in [1.165, 1.54) is 0 Å². The van der Waals surface area contributed by atoms with E-state index < -0.39 is 0 Å². The standard InChI is InChI=1S/C36H69N7O12/c1-3-11-38-31(44)5-21-52-27-15-42-35(48)9-23-54-29-17-40-33(46)7-19-50-25-13-37-14-26-51-20-8-34(47)41-18-30-55-24-10-36(49)43-16-28-53-22-6-32(45)39-12-4-2/h37H,3-30H2,1-2H3,(H,38,44)(H,39,45)(H,40,46)(H,41,47)(H,42,48)(H,43,49). The van der Waals surface area contributed by atoms with Gasteiger partial charge in [-0.1, -0.05) is 13.8 Å². The minimum atomic E-state index is -0.160. The summed E-state index contributed by atoms with van der Waals surface area (Å²) >= 11 is 0. The van der Waals surface area contributed by atoms with Crippen LogP contribution in [0.3, 0.4) is 0 Å². The molecule has 7 N–H and O–H groups in total. The molecule has 0 aromatic heterocycles. The lowest BCUT2D eigenvalue weighted by molar-refractivity contribution is -0.124. The van der Waals surface area contributed by atoms with Crippen LogP contribution in [-0.2, 0) is 57.2 Å². The normalized spacial score (nSPS) is 10.8. The molecule has 19 heteroatoms. The fourth-order valence-corrected chi connectivity index (χ4v) is 4.12. The Morgan fingerprint density at radius 2 is 0.491 bits per heavy atom. The molecule has 0 aliphatic carbocycles. The lowest BCUT2D eigenvalue weighted by atomic mass is 10.4. The van der Waals surface area contributed by atoms with E-state index in [9.17, 15) is 28.8 Å². The fourth-order valence-electron chi connectivity index (χ4n) is 4.12. The van der Waals surface area contributed by atoms with Gasteiger partial charge in [0.15, 0.2) is 0 Å². The van der Waals surface area contributed by atoms with Gasteiger partial charge in [0.05, 0.1) is 79.3 Å². The third-order valence-corrected chi connectivity index (χ3v) is 7.11. The summed E-state index contributed by atoms with van der Waals surface area (Å²) in [5.41, 5.74) is 0. The number of nitrogens with one attached hydrogen (secondary N) is 7. The van der Waals surface area contributed by atoms with E-state index in [1.807, 2.05) is 13.8 Å². The fraction of sp³-hybridized carbons (Fsp3) is 0.833. The minimum absolute atomic E-state index is 0.0456. The molecule has 6 amide bonds. The molecule has 0 radical (unpaired) electrons. The zero-order valence-electron chi connectivity index (χ0n) is 33.2. The van der Waals surface area contributed by atoms with E-state index in [2.05, 4.69) is 37.2 Å². The summed E-state index contributed by atoms with van der Waals surface area (Å²) in [7, 11) is 0. The number of hydrogen-bond acceptors (Lipinski definition) is 13. The van der Waals surface area contributed by atoms with E-state index in [0.29, 0.717) is 118 Å². The molecule has 0 aliphatic rings. The van der Waals surface area contributed by atoms with Gasteiger partial charge in [-0.2, -0.15) is 0 Å². The lowest BCUT2D eigenvalue weighted by Gasteiger charge is -2.09. The topological polar surface area (TPSA) is 242 Å². The Morgan fingerprint density at radius 1 is 0.291 bits per heavy atom. The molecule has 0 heterocycles. The van der Waals surface area contributed by atoms with E-state index in [0.717, 1.165) is 12.8 Å². The Labute approximate surface area is 326 Å². The van der Waals surface area contributed by atoms with Gasteiger partial charge in [0, 0.05) is 90.9 Å². The maximum absolute atomic E-state index is 11.9. The maximum atomic E-state index is 11.9. The van der Waals surface area contributed by atoms with Crippen LogP contribution in [0.1, 0.15) is 65.2 Å². The number of rotatable bonds is 40. The second kappa shape index (κ2) is 40.2. The molecule has 0 saturated carbocycles. The molecule has 0 atom stereocenters. The summed E-state index contributed by atoms with van der Waals surface area (Å²) in [5.74, 6) is -0.711. The first kappa shape index (κ1) is 51.5. The first-order valence-electron chi connectivity index (χ1n) is 19.6. The predicted molar refractivity (Wildman–Crippen MR) is 204 cm³/mol. The van der Waals surface area contributed by atoms with Crippen molar-refractivity contribution in [3.05, 3.63) is 0 Å². The van der Waals surface area contributed by atoms with Crippen LogP contribution in [0.5, 0.6) is 0 Å². The molecule has 0 bridgehead atoms. The van der Waals surface area contributed by atoms with Crippen molar-refractivity contribution in [2.45, 2.75) is 65.2 Å². The summed E-state index contributed by atoms with van der Waals surface area (Å²) in [6.07, 6.45) is 3.21. The quantitative estimate of drug-likeness (QED) is 0.0352. The number of amides is 6. The molecule has 55 heavy (non-hydrogen) atoms. The van der Waals surface area contributed by atoms with Crippen LogP contribution in [-0.4, -0.2) is 167 Å². The number of carbonyl (C=O) groups excluding carboxylic acids is 6. The van der Waals surface area contributed by atoms with Crippen molar-refractivity contribution in [3.8, 4) is 0 Å². The molecular weight excluding hydrogens is 722 g/mol. The van der Waals surface area contributed by atoms with Crippen molar-refractivity contribution < 1.29 is 57.2 Å². The molecule has 0 fully saturated rings. The highest BCUT2D eigenvalue weighted by Crippen LogP contribution is 1.89. The second-order valence-corrected chi connectivity index (χ2v) is 12.0.